The molecule has 28 heavy (non-hydrogen) atoms. The van der Waals surface area contributed by atoms with Gasteiger partial charge in [-0.1, -0.05) is 36.0 Å². The molecular formula is C20H17N7S. The molecule has 0 aliphatic carbocycles. The Morgan fingerprint density at radius 1 is 1.14 bits per heavy atom. The minimum absolute atomic E-state index is 0.205. The number of nitriles is 1. The Hall–Kier alpha value is -3.44. The number of nitrogens with zero attached hydrogens (tertiary/aromatic N) is 7. The van der Waals surface area contributed by atoms with Crippen molar-refractivity contribution < 1.29 is 0 Å². The van der Waals surface area contributed by atoms with Crippen molar-refractivity contribution in [3.63, 3.8) is 0 Å². The molecule has 0 radical (unpaired) electrons. The van der Waals surface area contributed by atoms with Gasteiger partial charge in [-0.05, 0) is 36.8 Å². The van der Waals surface area contributed by atoms with Crippen LogP contribution in [0.3, 0.4) is 0 Å². The van der Waals surface area contributed by atoms with Gasteiger partial charge >= 0.3 is 0 Å². The van der Waals surface area contributed by atoms with Gasteiger partial charge in [0.2, 0.25) is 0 Å². The predicted molar refractivity (Wildman–Crippen MR) is 107 cm³/mol. The molecule has 0 saturated carbocycles. The Kier molecular flexibility index (Phi) is 4.91. The van der Waals surface area contributed by atoms with Gasteiger partial charge in [0.25, 0.3) is 0 Å². The summed E-state index contributed by atoms with van der Waals surface area (Å²) in [5, 5.41) is 27.1. The highest BCUT2D eigenvalue weighted by Crippen LogP contribution is 2.33. The molecule has 1 unspecified atom stereocenters. The van der Waals surface area contributed by atoms with Crippen molar-refractivity contribution in [2.75, 3.05) is 0 Å². The van der Waals surface area contributed by atoms with E-state index in [9.17, 15) is 0 Å². The zero-order chi connectivity index (χ0) is 19.5. The van der Waals surface area contributed by atoms with E-state index in [1.54, 1.807) is 41.2 Å². The quantitative estimate of drug-likeness (QED) is 0.484. The number of hydrogen-bond acceptors (Lipinski definition) is 6. The lowest BCUT2D eigenvalue weighted by Crippen LogP contribution is -2.01. The summed E-state index contributed by atoms with van der Waals surface area (Å²) < 4.78 is 1.91. The third kappa shape index (κ3) is 3.66. The van der Waals surface area contributed by atoms with E-state index in [4.69, 9.17) is 5.26 Å². The van der Waals surface area contributed by atoms with Crippen molar-refractivity contribution in [1.29, 1.82) is 5.26 Å². The number of benzene rings is 2. The molecule has 4 rings (SSSR count). The van der Waals surface area contributed by atoms with E-state index in [1.807, 2.05) is 35.9 Å². The number of hydrogen-bond donors (Lipinski definition) is 0. The van der Waals surface area contributed by atoms with E-state index in [0.29, 0.717) is 5.56 Å². The van der Waals surface area contributed by atoms with Crippen molar-refractivity contribution in [2.24, 2.45) is 7.05 Å². The first-order valence-corrected chi connectivity index (χ1v) is 9.56. The maximum absolute atomic E-state index is 8.93. The van der Waals surface area contributed by atoms with Crippen molar-refractivity contribution in [3.05, 3.63) is 72.2 Å². The van der Waals surface area contributed by atoms with Gasteiger partial charge in [0.15, 0.2) is 5.16 Å². The summed E-state index contributed by atoms with van der Waals surface area (Å²) in [5.74, 6) is 0. The lowest BCUT2D eigenvalue weighted by Gasteiger charge is -2.12. The van der Waals surface area contributed by atoms with Gasteiger partial charge < -0.3 is 4.57 Å². The molecule has 0 fully saturated rings. The molecule has 4 aromatic rings. The summed E-state index contributed by atoms with van der Waals surface area (Å²) in [6.45, 7) is 2.14. The van der Waals surface area contributed by atoms with Gasteiger partial charge in [-0.25, -0.2) is 0 Å². The summed E-state index contributed by atoms with van der Waals surface area (Å²) in [5.41, 5.74) is 4.35. The topological polar surface area (TPSA) is 85.2 Å². The van der Waals surface area contributed by atoms with E-state index in [0.717, 1.165) is 27.7 Å². The Morgan fingerprint density at radius 2 is 1.96 bits per heavy atom. The maximum atomic E-state index is 8.93. The van der Waals surface area contributed by atoms with Crippen molar-refractivity contribution in [3.8, 4) is 23.0 Å². The Balaban J connectivity index is 1.57. The normalized spacial score (nSPS) is 11.9. The fourth-order valence-corrected chi connectivity index (χ4v) is 3.65. The molecule has 0 aliphatic heterocycles. The van der Waals surface area contributed by atoms with Crippen LogP contribution in [0, 0.1) is 11.3 Å². The maximum Gasteiger partial charge on any atom is 0.191 e. The second kappa shape index (κ2) is 7.66. The molecule has 0 N–H and O–H groups in total. The lowest BCUT2D eigenvalue weighted by molar-refractivity contribution is 0.752. The molecule has 1 atom stereocenters. The van der Waals surface area contributed by atoms with Crippen LogP contribution in [-0.4, -0.2) is 29.8 Å². The molecule has 0 bridgehead atoms. The summed E-state index contributed by atoms with van der Waals surface area (Å²) in [7, 11) is 1.93. The minimum Gasteiger partial charge on any atom is -0.312 e. The highest BCUT2D eigenvalue weighted by atomic mass is 32.2. The summed E-state index contributed by atoms with van der Waals surface area (Å²) >= 11 is 1.65. The standard InChI is InChI=1S/C20H17N7S/c1-14(28-20-24-22-13-26(20)2)17-4-3-5-18(10-17)27-23-12-19(25-27)16-8-6-15(11-21)7-9-16/h3-10,12-14H,1-2H3. The number of rotatable bonds is 5. The molecule has 0 aliphatic rings. The van der Waals surface area contributed by atoms with Crippen LogP contribution in [0.2, 0.25) is 0 Å². The van der Waals surface area contributed by atoms with Crippen LogP contribution >= 0.6 is 11.8 Å². The van der Waals surface area contributed by atoms with Gasteiger partial charge in [0, 0.05) is 17.9 Å². The van der Waals surface area contributed by atoms with Gasteiger partial charge in [-0.3, -0.25) is 0 Å². The van der Waals surface area contributed by atoms with Crippen LogP contribution in [-0.2, 0) is 7.05 Å². The smallest absolute Gasteiger partial charge is 0.191 e. The third-order valence-electron chi connectivity index (χ3n) is 4.32. The van der Waals surface area contributed by atoms with Crippen LogP contribution in [0.5, 0.6) is 0 Å². The van der Waals surface area contributed by atoms with E-state index in [1.165, 1.54) is 0 Å². The summed E-state index contributed by atoms with van der Waals surface area (Å²) in [6.07, 6.45) is 3.43. The monoisotopic (exact) mass is 387 g/mol. The first-order chi connectivity index (χ1) is 13.6. The van der Waals surface area contributed by atoms with E-state index < -0.39 is 0 Å². The fourth-order valence-electron chi connectivity index (χ4n) is 2.74. The van der Waals surface area contributed by atoms with Crippen LogP contribution in [0.15, 0.2) is 66.2 Å². The zero-order valence-corrected chi connectivity index (χ0v) is 16.2. The Labute approximate surface area is 166 Å². The van der Waals surface area contributed by atoms with Crippen molar-refractivity contribution >= 4 is 11.8 Å². The van der Waals surface area contributed by atoms with E-state index in [2.05, 4.69) is 45.5 Å². The SMILES string of the molecule is CC(Sc1nncn1C)c1cccc(-n2ncc(-c3ccc(C#N)cc3)n2)c1. The first kappa shape index (κ1) is 17.9. The molecule has 2 heterocycles. The van der Waals surface area contributed by atoms with Crippen molar-refractivity contribution in [2.45, 2.75) is 17.3 Å². The Bertz CT molecular complexity index is 1140. The molecule has 8 heteroatoms. The van der Waals surface area contributed by atoms with Gasteiger partial charge in [0.05, 0.1) is 23.5 Å². The molecular weight excluding hydrogens is 370 g/mol. The Morgan fingerprint density at radius 3 is 2.68 bits per heavy atom. The molecule has 2 aromatic carbocycles. The average Bonchev–Trinajstić information content (AvgIpc) is 3.38. The van der Waals surface area contributed by atoms with E-state index >= 15 is 0 Å². The third-order valence-corrected chi connectivity index (χ3v) is 5.53. The lowest BCUT2D eigenvalue weighted by atomic mass is 10.1. The van der Waals surface area contributed by atoms with E-state index in [-0.39, 0.29) is 5.25 Å². The minimum atomic E-state index is 0.205. The van der Waals surface area contributed by atoms with Crippen LogP contribution in [0.25, 0.3) is 16.9 Å². The molecule has 0 spiro atoms. The van der Waals surface area contributed by atoms with Crippen LogP contribution in [0.4, 0.5) is 0 Å². The summed E-state index contributed by atoms with van der Waals surface area (Å²) in [4.78, 5) is 1.62. The molecule has 0 saturated heterocycles. The molecule has 0 amide bonds. The fraction of sp³-hybridized carbons (Fsp3) is 0.150. The predicted octanol–water partition coefficient (Wildman–Crippen LogP) is 3.79. The number of thioether (sulfide) groups is 1. The van der Waals surface area contributed by atoms with Crippen molar-refractivity contribution in [1.82, 2.24) is 29.8 Å². The summed E-state index contributed by atoms with van der Waals surface area (Å²) in [6, 6.07) is 17.6. The average molecular weight is 387 g/mol. The largest absolute Gasteiger partial charge is 0.312 e. The first-order valence-electron chi connectivity index (χ1n) is 8.68. The van der Waals surface area contributed by atoms with Gasteiger partial charge in [-0.2, -0.15) is 15.2 Å². The van der Waals surface area contributed by atoms with Crippen LogP contribution < -0.4 is 0 Å². The van der Waals surface area contributed by atoms with Gasteiger partial charge in [0.1, 0.15) is 12.0 Å². The van der Waals surface area contributed by atoms with Gasteiger partial charge in [-0.15, -0.1) is 15.3 Å². The molecule has 2 aromatic heterocycles. The number of aryl methyl sites for hydroxylation is 1. The second-order valence-electron chi connectivity index (χ2n) is 6.29. The number of aromatic nitrogens is 6. The highest BCUT2D eigenvalue weighted by molar-refractivity contribution is 7.99. The second-order valence-corrected chi connectivity index (χ2v) is 7.60. The zero-order valence-electron chi connectivity index (χ0n) is 15.4. The van der Waals surface area contributed by atoms with Crippen LogP contribution in [0.1, 0.15) is 23.3 Å². The molecule has 138 valence electrons. The highest BCUT2D eigenvalue weighted by Gasteiger charge is 2.13. The molecule has 7 nitrogen and oxygen atoms in total.